The van der Waals surface area contributed by atoms with Gasteiger partial charge in [-0.25, -0.2) is 0 Å². The molecule has 0 amide bonds. The van der Waals surface area contributed by atoms with Gasteiger partial charge in [0.2, 0.25) is 0 Å². The van der Waals surface area contributed by atoms with E-state index in [1.54, 1.807) is 0 Å². The molecule has 3 nitrogen and oxygen atoms in total. The van der Waals surface area contributed by atoms with Gasteiger partial charge in [0.05, 0.1) is 0 Å². The Morgan fingerprint density at radius 1 is 1.00 bits per heavy atom. The van der Waals surface area contributed by atoms with Crippen LogP contribution >= 0.6 is 0 Å². The summed E-state index contributed by atoms with van der Waals surface area (Å²) in [5.74, 6) is 0. The minimum atomic E-state index is -1.19. The van der Waals surface area contributed by atoms with Gasteiger partial charge in [-0.15, -0.1) is 0 Å². The van der Waals surface area contributed by atoms with E-state index < -0.39 is 11.2 Å². The van der Waals surface area contributed by atoms with E-state index in [9.17, 15) is 9.66 Å². The molecule has 0 aliphatic carbocycles. The monoisotopic (exact) mass is 302 g/mol. The minimum Gasteiger partial charge on any atom is -0.606 e. The second kappa shape index (κ2) is 6.20. The van der Waals surface area contributed by atoms with Gasteiger partial charge in [0.15, 0.2) is 9.79 Å². The van der Waals surface area contributed by atoms with Crippen molar-refractivity contribution in [2.45, 2.75) is 29.1 Å². The molecule has 1 unspecified atom stereocenters. The van der Waals surface area contributed by atoms with Crippen molar-refractivity contribution in [3.63, 3.8) is 0 Å². The quantitative estimate of drug-likeness (QED) is 0.847. The third-order valence-corrected chi connectivity index (χ3v) is 5.54. The van der Waals surface area contributed by atoms with E-state index in [2.05, 4.69) is 0 Å². The first-order valence-corrected chi connectivity index (χ1v) is 8.25. The van der Waals surface area contributed by atoms with Crippen molar-refractivity contribution in [2.24, 2.45) is 0 Å². The molecule has 2 aromatic carbocycles. The molecule has 110 valence electrons. The highest BCUT2D eigenvalue weighted by Crippen LogP contribution is 2.37. The highest BCUT2D eigenvalue weighted by molar-refractivity contribution is 7.91. The second-order valence-corrected chi connectivity index (χ2v) is 6.63. The van der Waals surface area contributed by atoms with Crippen LogP contribution in [0.5, 0.6) is 0 Å². The van der Waals surface area contributed by atoms with Gasteiger partial charge < -0.3 is 14.8 Å². The number of aliphatic hydroxyl groups is 2. The van der Waals surface area contributed by atoms with Gasteiger partial charge in [0.25, 0.3) is 0 Å². The number of benzene rings is 2. The maximum Gasteiger partial charge on any atom is 0.165 e. The summed E-state index contributed by atoms with van der Waals surface area (Å²) in [4.78, 5) is 1.73. The van der Waals surface area contributed by atoms with E-state index in [0.717, 1.165) is 38.5 Å². The molecule has 4 heteroatoms. The summed E-state index contributed by atoms with van der Waals surface area (Å²) in [6.07, 6.45) is 1.92. The van der Waals surface area contributed by atoms with Gasteiger partial charge in [-0.2, -0.15) is 0 Å². The van der Waals surface area contributed by atoms with Gasteiger partial charge in [-0.1, -0.05) is 30.3 Å². The molecular weight excluding hydrogens is 284 g/mol. The Morgan fingerprint density at radius 3 is 2.57 bits per heavy atom. The van der Waals surface area contributed by atoms with Crippen LogP contribution in [-0.2, 0) is 30.4 Å². The van der Waals surface area contributed by atoms with Gasteiger partial charge in [-0.05, 0) is 18.1 Å². The average Bonchev–Trinajstić information content (AvgIpc) is 2.48. The largest absolute Gasteiger partial charge is 0.606 e. The molecule has 0 radical (unpaired) electrons. The summed E-state index contributed by atoms with van der Waals surface area (Å²) in [5, 5.41) is 18.2. The molecular formula is C17H18O3S. The van der Waals surface area contributed by atoms with Crippen molar-refractivity contribution in [1.82, 2.24) is 0 Å². The molecule has 0 saturated carbocycles. The first kappa shape index (κ1) is 14.6. The molecule has 0 fully saturated rings. The van der Waals surface area contributed by atoms with Crippen molar-refractivity contribution in [2.75, 3.05) is 13.2 Å². The fraction of sp³-hybridized carbons (Fsp3) is 0.294. The maximum atomic E-state index is 12.9. The predicted octanol–water partition coefficient (Wildman–Crippen LogP) is 1.83. The molecule has 1 aliphatic heterocycles. The first-order valence-electron chi connectivity index (χ1n) is 7.10. The van der Waals surface area contributed by atoms with Crippen molar-refractivity contribution >= 4 is 11.2 Å². The summed E-state index contributed by atoms with van der Waals surface area (Å²) >= 11 is -1.19. The molecule has 2 aromatic rings. The van der Waals surface area contributed by atoms with Crippen molar-refractivity contribution in [1.29, 1.82) is 0 Å². The molecule has 0 spiro atoms. The maximum absolute atomic E-state index is 12.9. The number of rotatable bonds is 4. The third-order valence-electron chi connectivity index (χ3n) is 3.85. The minimum absolute atomic E-state index is 0.0654. The Balaban J connectivity index is 2.04. The van der Waals surface area contributed by atoms with E-state index in [4.69, 9.17) is 5.11 Å². The second-order valence-electron chi connectivity index (χ2n) is 5.24. The van der Waals surface area contributed by atoms with Gasteiger partial charge in [0.1, 0.15) is 0 Å². The number of hydrogen-bond donors (Lipinski definition) is 2. The highest BCUT2D eigenvalue weighted by atomic mass is 32.2. The van der Waals surface area contributed by atoms with Crippen LogP contribution < -0.4 is 0 Å². The molecule has 3 rings (SSSR count). The van der Waals surface area contributed by atoms with E-state index in [1.807, 2.05) is 36.4 Å². The highest BCUT2D eigenvalue weighted by Gasteiger charge is 2.30. The van der Waals surface area contributed by atoms with Gasteiger partial charge in [-0.3, -0.25) is 0 Å². The fourth-order valence-electron chi connectivity index (χ4n) is 2.88. The Morgan fingerprint density at radius 2 is 1.81 bits per heavy atom. The standard InChI is InChI=1S/C17H18O3S/c18-8-6-12-4-5-16-15(10-12)11-14-3-1-2-13(7-9-19)17(14)21(16)20/h1-5,10,18-19H,6-9,11H2. The van der Waals surface area contributed by atoms with E-state index >= 15 is 0 Å². The Hall–Kier alpha value is -1.33. The molecule has 1 aliphatic rings. The lowest BCUT2D eigenvalue weighted by molar-refractivity contribution is 0.298. The lowest BCUT2D eigenvalue weighted by Gasteiger charge is -2.24. The van der Waals surface area contributed by atoms with Crippen molar-refractivity contribution < 1.29 is 14.8 Å². The first-order chi connectivity index (χ1) is 10.2. The molecule has 0 saturated heterocycles. The zero-order valence-corrected chi connectivity index (χ0v) is 12.5. The average molecular weight is 302 g/mol. The summed E-state index contributed by atoms with van der Waals surface area (Å²) in [5.41, 5.74) is 4.20. The van der Waals surface area contributed by atoms with Crippen LogP contribution in [0.2, 0.25) is 0 Å². The van der Waals surface area contributed by atoms with Crippen LogP contribution in [0.3, 0.4) is 0 Å². The lowest BCUT2D eigenvalue weighted by Crippen LogP contribution is -2.17. The number of aliphatic hydroxyl groups excluding tert-OH is 2. The predicted molar refractivity (Wildman–Crippen MR) is 81.9 cm³/mol. The SMILES string of the molecule is [O-][S+]1c2ccc(CCO)cc2Cc2cccc(CCO)c21. The Kier molecular flexibility index (Phi) is 4.31. The van der Waals surface area contributed by atoms with Crippen LogP contribution in [0.1, 0.15) is 22.3 Å². The Bertz CT molecular complexity index is 654. The molecule has 0 aromatic heterocycles. The number of hydrogen-bond acceptors (Lipinski definition) is 3. The molecule has 21 heavy (non-hydrogen) atoms. The zero-order valence-electron chi connectivity index (χ0n) is 11.7. The van der Waals surface area contributed by atoms with Gasteiger partial charge >= 0.3 is 0 Å². The van der Waals surface area contributed by atoms with Crippen LogP contribution in [0, 0.1) is 0 Å². The summed E-state index contributed by atoms with van der Waals surface area (Å²) in [7, 11) is 0. The van der Waals surface area contributed by atoms with Crippen molar-refractivity contribution in [3.8, 4) is 0 Å². The number of fused-ring (bicyclic) bond motifs is 2. The van der Waals surface area contributed by atoms with Crippen LogP contribution in [0.15, 0.2) is 46.2 Å². The molecule has 1 heterocycles. The smallest absolute Gasteiger partial charge is 0.165 e. The van der Waals surface area contributed by atoms with Gasteiger partial charge in [0, 0.05) is 53.9 Å². The van der Waals surface area contributed by atoms with E-state index in [0.29, 0.717) is 12.8 Å². The topological polar surface area (TPSA) is 63.5 Å². The van der Waals surface area contributed by atoms with E-state index in [1.165, 1.54) is 0 Å². The zero-order chi connectivity index (χ0) is 14.8. The molecule has 2 N–H and O–H groups in total. The van der Waals surface area contributed by atoms with Crippen LogP contribution in [0.25, 0.3) is 0 Å². The van der Waals surface area contributed by atoms with E-state index in [-0.39, 0.29) is 13.2 Å². The summed E-state index contributed by atoms with van der Waals surface area (Å²) in [6, 6.07) is 11.8. The molecule has 0 bridgehead atoms. The summed E-state index contributed by atoms with van der Waals surface area (Å²) in [6.45, 7) is 0.190. The molecule has 1 atom stereocenters. The van der Waals surface area contributed by atoms with Crippen molar-refractivity contribution in [3.05, 3.63) is 58.7 Å². The third kappa shape index (κ3) is 2.72. The lowest BCUT2D eigenvalue weighted by atomic mass is 9.98. The van der Waals surface area contributed by atoms with Crippen LogP contribution in [-0.4, -0.2) is 28.0 Å². The fourth-order valence-corrected chi connectivity index (χ4v) is 4.45. The summed E-state index contributed by atoms with van der Waals surface area (Å²) < 4.78 is 12.9. The van der Waals surface area contributed by atoms with Crippen LogP contribution in [0.4, 0.5) is 0 Å². The normalized spacial score (nSPS) is 16.4. The Labute approximate surface area is 127 Å².